The Balaban J connectivity index is 1.89. The summed E-state index contributed by atoms with van der Waals surface area (Å²) in [7, 11) is 1.72. The maximum atomic E-state index is 6.14. The first-order valence-electron chi connectivity index (χ1n) is 6.50. The number of para-hydroxylation sites is 1. The molecule has 0 spiro atoms. The summed E-state index contributed by atoms with van der Waals surface area (Å²) in [5.74, 6) is 4.60. The van der Waals surface area contributed by atoms with E-state index in [-0.39, 0.29) is 0 Å². The van der Waals surface area contributed by atoms with Gasteiger partial charge >= 0.3 is 0 Å². The van der Waals surface area contributed by atoms with Crippen molar-refractivity contribution >= 4 is 11.8 Å². The van der Waals surface area contributed by atoms with Crippen LogP contribution in [0.4, 0.5) is 0 Å². The average Bonchev–Trinajstić information content (AvgIpc) is 2.87. The third-order valence-electron chi connectivity index (χ3n) is 3.62. The second kappa shape index (κ2) is 5.41. The van der Waals surface area contributed by atoms with Crippen LogP contribution < -0.4 is 14.8 Å². The van der Waals surface area contributed by atoms with Crippen molar-refractivity contribution in [1.82, 2.24) is 5.32 Å². The topological polar surface area (TPSA) is 30.5 Å². The summed E-state index contributed by atoms with van der Waals surface area (Å²) in [6.07, 6.45) is 1.54. The first-order valence-corrected chi connectivity index (χ1v) is 7.66. The van der Waals surface area contributed by atoms with Gasteiger partial charge in [-0.3, -0.25) is 0 Å². The Morgan fingerprint density at radius 1 is 1.33 bits per heavy atom. The van der Waals surface area contributed by atoms with Crippen LogP contribution in [-0.2, 0) is 0 Å². The van der Waals surface area contributed by atoms with Gasteiger partial charge in [0, 0.05) is 29.5 Å². The molecule has 0 amide bonds. The quantitative estimate of drug-likeness (QED) is 0.904. The van der Waals surface area contributed by atoms with Gasteiger partial charge in [-0.2, -0.15) is 11.8 Å². The van der Waals surface area contributed by atoms with E-state index in [2.05, 4.69) is 17.4 Å². The predicted octanol–water partition coefficient (Wildman–Crippen LogP) is 2.27. The number of ether oxygens (including phenoxy) is 2. The van der Waals surface area contributed by atoms with Gasteiger partial charge in [0.05, 0.1) is 7.11 Å². The van der Waals surface area contributed by atoms with E-state index in [0.717, 1.165) is 36.1 Å². The standard InChI is InChI=1S/C14H19NO2S/c1-16-13-4-2-3-12(10-5-6-15-7-10)14(13)17-11-8-18-9-11/h2-4,10-11,15H,5-9H2,1H3. The van der Waals surface area contributed by atoms with Gasteiger partial charge in [0.15, 0.2) is 11.5 Å². The Kier molecular flexibility index (Phi) is 3.66. The molecule has 3 nitrogen and oxygen atoms in total. The number of rotatable bonds is 4. The van der Waals surface area contributed by atoms with Gasteiger partial charge in [-0.25, -0.2) is 0 Å². The third kappa shape index (κ3) is 2.31. The number of methoxy groups -OCH3 is 1. The SMILES string of the molecule is COc1cccc(C2CCNC2)c1OC1CSC1. The summed E-state index contributed by atoms with van der Waals surface area (Å²) in [4.78, 5) is 0. The number of thioether (sulfide) groups is 1. The fourth-order valence-electron chi connectivity index (χ4n) is 2.51. The summed E-state index contributed by atoms with van der Waals surface area (Å²) in [6, 6.07) is 6.24. The van der Waals surface area contributed by atoms with Crippen LogP contribution >= 0.6 is 11.8 Å². The van der Waals surface area contributed by atoms with E-state index in [1.54, 1.807) is 7.11 Å². The van der Waals surface area contributed by atoms with E-state index < -0.39 is 0 Å². The molecule has 1 aromatic carbocycles. The van der Waals surface area contributed by atoms with E-state index in [1.165, 1.54) is 12.0 Å². The molecular weight excluding hydrogens is 246 g/mol. The summed E-state index contributed by atoms with van der Waals surface area (Å²) in [5, 5.41) is 3.42. The van der Waals surface area contributed by atoms with Crippen molar-refractivity contribution in [2.45, 2.75) is 18.4 Å². The highest BCUT2D eigenvalue weighted by Crippen LogP contribution is 2.39. The zero-order chi connectivity index (χ0) is 12.4. The Labute approximate surface area is 112 Å². The number of hydrogen-bond donors (Lipinski definition) is 1. The van der Waals surface area contributed by atoms with Crippen LogP contribution in [0.1, 0.15) is 17.9 Å². The molecule has 2 aliphatic heterocycles. The van der Waals surface area contributed by atoms with E-state index in [9.17, 15) is 0 Å². The number of nitrogens with one attached hydrogen (secondary N) is 1. The second-order valence-electron chi connectivity index (χ2n) is 4.85. The smallest absolute Gasteiger partial charge is 0.165 e. The lowest BCUT2D eigenvalue weighted by Crippen LogP contribution is -2.31. The van der Waals surface area contributed by atoms with Crippen molar-refractivity contribution in [3.63, 3.8) is 0 Å². The van der Waals surface area contributed by atoms with Gasteiger partial charge in [0.25, 0.3) is 0 Å². The Hall–Kier alpha value is -0.870. The van der Waals surface area contributed by atoms with E-state index in [1.807, 2.05) is 17.8 Å². The van der Waals surface area contributed by atoms with Crippen molar-refractivity contribution in [3.05, 3.63) is 23.8 Å². The van der Waals surface area contributed by atoms with Gasteiger partial charge in [-0.1, -0.05) is 12.1 Å². The molecule has 1 atom stereocenters. The zero-order valence-corrected chi connectivity index (χ0v) is 11.5. The molecule has 0 bridgehead atoms. The molecule has 4 heteroatoms. The van der Waals surface area contributed by atoms with Crippen molar-refractivity contribution < 1.29 is 9.47 Å². The fraction of sp³-hybridized carbons (Fsp3) is 0.571. The van der Waals surface area contributed by atoms with Crippen LogP contribution in [0, 0.1) is 0 Å². The lowest BCUT2D eigenvalue weighted by molar-refractivity contribution is 0.225. The molecule has 0 saturated carbocycles. The molecule has 2 fully saturated rings. The van der Waals surface area contributed by atoms with Crippen molar-refractivity contribution in [1.29, 1.82) is 0 Å². The fourth-order valence-corrected chi connectivity index (χ4v) is 3.07. The summed E-state index contributed by atoms with van der Waals surface area (Å²) >= 11 is 1.94. The normalized spacial score (nSPS) is 23.7. The van der Waals surface area contributed by atoms with Gasteiger partial charge < -0.3 is 14.8 Å². The number of hydrogen-bond acceptors (Lipinski definition) is 4. The Morgan fingerprint density at radius 3 is 2.83 bits per heavy atom. The van der Waals surface area contributed by atoms with Crippen LogP contribution in [0.15, 0.2) is 18.2 Å². The largest absolute Gasteiger partial charge is 0.493 e. The summed E-state index contributed by atoms with van der Waals surface area (Å²) in [6.45, 7) is 2.14. The highest BCUT2D eigenvalue weighted by Gasteiger charge is 2.27. The maximum Gasteiger partial charge on any atom is 0.165 e. The highest BCUT2D eigenvalue weighted by molar-refractivity contribution is 8.00. The molecule has 1 N–H and O–H groups in total. The second-order valence-corrected chi connectivity index (χ2v) is 5.92. The predicted molar refractivity (Wildman–Crippen MR) is 75.0 cm³/mol. The zero-order valence-electron chi connectivity index (χ0n) is 10.6. The van der Waals surface area contributed by atoms with Crippen LogP contribution in [0.3, 0.4) is 0 Å². The van der Waals surface area contributed by atoms with Gasteiger partial charge in [0.2, 0.25) is 0 Å². The number of benzene rings is 1. The van der Waals surface area contributed by atoms with E-state index >= 15 is 0 Å². The maximum absolute atomic E-state index is 6.14. The minimum Gasteiger partial charge on any atom is -0.493 e. The van der Waals surface area contributed by atoms with Crippen LogP contribution in [0.5, 0.6) is 11.5 Å². The minimum absolute atomic E-state index is 0.361. The van der Waals surface area contributed by atoms with Crippen molar-refractivity contribution in [2.24, 2.45) is 0 Å². The molecule has 1 unspecified atom stereocenters. The van der Waals surface area contributed by atoms with Gasteiger partial charge in [0.1, 0.15) is 6.10 Å². The summed E-state index contributed by atoms with van der Waals surface area (Å²) in [5.41, 5.74) is 1.30. The van der Waals surface area contributed by atoms with E-state index in [0.29, 0.717) is 12.0 Å². The van der Waals surface area contributed by atoms with Crippen molar-refractivity contribution in [3.8, 4) is 11.5 Å². The van der Waals surface area contributed by atoms with Crippen molar-refractivity contribution in [2.75, 3.05) is 31.7 Å². The molecule has 0 radical (unpaired) electrons. The van der Waals surface area contributed by atoms with Gasteiger partial charge in [-0.15, -0.1) is 0 Å². The molecular formula is C14H19NO2S. The minimum atomic E-state index is 0.361. The molecule has 18 heavy (non-hydrogen) atoms. The van der Waals surface area contributed by atoms with Crippen LogP contribution in [0.25, 0.3) is 0 Å². The molecule has 2 saturated heterocycles. The first-order chi connectivity index (χ1) is 8.88. The molecule has 2 heterocycles. The lowest BCUT2D eigenvalue weighted by atomic mass is 9.97. The Morgan fingerprint density at radius 2 is 2.22 bits per heavy atom. The van der Waals surface area contributed by atoms with Crippen LogP contribution in [0.2, 0.25) is 0 Å². The molecule has 3 rings (SSSR count). The molecule has 0 aliphatic carbocycles. The van der Waals surface area contributed by atoms with Crippen LogP contribution in [-0.4, -0.2) is 37.8 Å². The monoisotopic (exact) mass is 265 g/mol. The molecule has 2 aliphatic rings. The molecule has 0 aromatic heterocycles. The first kappa shape index (κ1) is 12.2. The summed E-state index contributed by atoms with van der Waals surface area (Å²) < 4.78 is 11.6. The Bertz CT molecular complexity index is 414. The third-order valence-corrected chi connectivity index (χ3v) is 4.84. The lowest BCUT2D eigenvalue weighted by Gasteiger charge is -2.28. The average molecular weight is 265 g/mol. The molecule has 98 valence electrons. The van der Waals surface area contributed by atoms with Gasteiger partial charge in [-0.05, 0) is 19.0 Å². The van der Waals surface area contributed by atoms with E-state index in [4.69, 9.17) is 9.47 Å². The highest BCUT2D eigenvalue weighted by atomic mass is 32.2. The molecule has 1 aromatic rings.